The van der Waals surface area contributed by atoms with Crippen LogP contribution in [0.4, 0.5) is 11.4 Å². The van der Waals surface area contributed by atoms with Crippen molar-refractivity contribution in [2.75, 3.05) is 31.6 Å². The van der Waals surface area contributed by atoms with Crippen LogP contribution in [-0.2, 0) is 27.9 Å². The number of nitrogens with one attached hydrogen (secondary N) is 1. The zero-order valence-corrected chi connectivity index (χ0v) is 19.2. The Labute approximate surface area is 198 Å². The predicted molar refractivity (Wildman–Crippen MR) is 127 cm³/mol. The normalized spacial score (nSPS) is 14.5. The highest BCUT2D eigenvalue weighted by Gasteiger charge is 2.28. The molecule has 0 radical (unpaired) electrons. The van der Waals surface area contributed by atoms with Crippen LogP contribution < -0.4 is 10.1 Å². The lowest BCUT2D eigenvalue weighted by molar-refractivity contribution is -0.384. The zero-order chi connectivity index (χ0) is 24.0. The van der Waals surface area contributed by atoms with Gasteiger partial charge in [0, 0.05) is 25.7 Å². The first kappa shape index (κ1) is 23.7. The number of nitrogens with zero attached hydrogens (tertiary/aromatic N) is 2. The van der Waals surface area contributed by atoms with Crippen LogP contribution in [0, 0.1) is 10.1 Å². The fourth-order valence-corrected chi connectivity index (χ4v) is 5.08. The monoisotopic (exact) mass is 483 g/mol. The highest BCUT2D eigenvalue weighted by molar-refractivity contribution is 7.89. The van der Waals surface area contributed by atoms with Gasteiger partial charge in [0.1, 0.15) is 18.0 Å². The summed E-state index contributed by atoms with van der Waals surface area (Å²) in [4.78, 5) is 11.0. The third kappa shape index (κ3) is 5.53. The molecule has 1 aliphatic rings. The van der Waals surface area contributed by atoms with Crippen molar-refractivity contribution >= 4 is 21.4 Å². The molecule has 9 nitrogen and oxygen atoms in total. The molecule has 1 N–H and O–H groups in total. The summed E-state index contributed by atoms with van der Waals surface area (Å²) < 4.78 is 38.1. The highest BCUT2D eigenvalue weighted by Crippen LogP contribution is 2.30. The molecule has 0 atom stereocenters. The molecule has 0 spiro atoms. The number of hydrogen-bond donors (Lipinski definition) is 1. The number of rotatable bonds is 9. The number of benzene rings is 3. The van der Waals surface area contributed by atoms with Crippen LogP contribution >= 0.6 is 0 Å². The Morgan fingerprint density at radius 3 is 2.35 bits per heavy atom. The van der Waals surface area contributed by atoms with Crippen molar-refractivity contribution in [3.05, 3.63) is 94.0 Å². The molecule has 1 fully saturated rings. The number of anilines is 1. The smallest absolute Gasteiger partial charge is 0.293 e. The van der Waals surface area contributed by atoms with Gasteiger partial charge in [-0.3, -0.25) is 10.1 Å². The van der Waals surface area contributed by atoms with E-state index in [1.807, 2.05) is 54.6 Å². The third-order valence-corrected chi connectivity index (χ3v) is 7.39. The van der Waals surface area contributed by atoms with E-state index >= 15 is 0 Å². The first-order chi connectivity index (χ1) is 16.4. The van der Waals surface area contributed by atoms with Crippen molar-refractivity contribution < 1.29 is 22.8 Å². The summed E-state index contributed by atoms with van der Waals surface area (Å²) in [7, 11) is -3.84. The van der Waals surface area contributed by atoms with E-state index in [1.165, 1.54) is 16.4 Å². The largest absolute Gasteiger partial charge is 0.489 e. The van der Waals surface area contributed by atoms with Crippen molar-refractivity contribution in [2.24, 2.45) is 0 Å². The Morgan fingerprint density at radius 1 is 0.971 bits per heavy atom. The summed E-state index contributed by atoms with van der Waals surface area (Å²) in [5, 5.41) is 14.8. The number of hydrogen-bond acceptors (Lipinski definition) is 7. The highest BCUT2D eigenvalue weighted by atomic mass is 32.2. The molecule has 0 aliphatic carbocycles. The van der Waals surface area contributed by atoms with Crippen LogP contribution in [0.3, 0.4) is 0 Å². The lowest BCUT2D eigenvalue weighted by atomic mass is 10.1. The first-order valence-corrected chi connectivity index (χ1v) is 12.2. The molecule has 1 aliphatic heterocycles. The van der Waals surface area contributed by atoms with Crippen LogP contribution in [0.2, 0.25) is 0 Å². The van der Waals surface area contributed by atoms with Gasteiger partial charge in [0.2, 0.25) is 10.0 Å². The average Bonchev–Trinajstić information content (AvgIpc) is 2.87. The number of para-hydroxylation sites is 1. The fourth-order valence-electron chi connectivity index (χ4n) is 3.65. The third-order valence-electron chi connectivity index (χ3n) is 5.50. The van der Waals surface area contributed by atoms with Crippen LogP contribution in [0.1, 0.15) is 11.1 Å². The maximum atomic E-state index is 12.9. The Kier molecular flexibility index (Phi) is 7.41. The van der Waals surface area contributed by atoms with E-state index in [0.29, 0.717) is 26.4 Å². The molecule has 3 aromatic carbocycles. The van der Waals surface area contributed by atoms with Crippen LogP contribution in [0.5, 0.6) is 5.75 Å². The Balaban J connectivity index is 1.51. The fraction of sp³-hybridized carbons (Fsp3) is 0.250. The molecule has 0 bridgehead atoms. The van der Waals surface area contributed by atoms with Gasteiger partial charge in [-0.05, 0) is 35.4 Å². The van der Waals surface area contributed by atoms with Crippen LogP contribution in [0.15, 0.2) is 77.7 Å². The van der Waals surface area contributed by atoms with E-state index in [-0.39, 0.29) is 29.4 Å². The summed E-state index contributed by atoms with van der Waals surface area (Å²) in [6, 6.07) is 21.0. The number of ether oxygens (including phenoxy) is 2. The van der Waals surface area contributed by atoms with Gasteiger partial charge in [-0.15, -0.1) is 0 Å². The molecule has 34 heavy (non-hydrogen) atoms. The molecule has 10 heteroatoms. The molecule has 3 aromatic rings. The SMILES string of the molecule is O=[N+]([O-])c1cc(S(=O)(=O)N2CCOCC2)ccc1NCc1ccccc1COc1ccccc1. The molecule has 0 aromatic heterocycles. The van der Waals surface area contributed by atoms with Crippen molar-refractivity contribution in [3.8, 4) is 5.75 Å². The van der Waals surface area contributed by atoms with Gasteiger partial charge in [-0.1, -0.05) is 42.5 Å². The van der Waals surface area contributed by atoms with Crippen LogP contribution in [-0.4, -0.2) is 43.9 Å². The van der Waals surface area contributed by atoms with Gasteiger partial charge in [0.25, 0.3) is 5.69 Å². The molecule has 0 amide bonds. The molecule has 0 saturated carbocycles. The Bertz CT molecular complexity index is 1240. The van der Waals surface area contributed by atoms with E-state index in [4.69, 9.17) is 9.47 Å². The minimum atomic E-state index is -3.84. The van der Waals surface area contributed by atoms with Crippen molar-refractivity contribution in [3.63, 3.8) is 0 Å². The van der Waals surface area contributed by atoms with Gasteiger partial charge in [0.05, 0.1) is 23.0 Å². The minimum Gasteiger partial charge on any atom is -0.489 e. The van der Waals surface area contributed by atoms with Gasteiger partial charge < -0.3 is 14.8 Å². The second kappa shape index (κ2) is 10.6. The topological polar surface area (TPSA) is 111 Å². The molecular formula is C24H25N3O6S. The van der Waals surface area contributed by atoms with Crippen LogP contribution in [0.25, 0.3) is 0 Å². The van der Waals surface area contributed by atoms with Gasteiger partial charge in [-0.25, -0.2) is 8.42 Å². The van der Waals surface area contributed by atoms with Crippen molar-refractivity contribution in [1.82, 2.24) is 4.31 Å². The standard InChI is InChI=1S/C24H25N3O6S/c28-27(29)24-16-22(34(30,31)26-12-14-32-15-13-26)10-11-23(24)25-17-19-6-4-5-7-20(19)18-33-21-8-2-1-3-9-21/h1-11,16,25H,12-15,17-18H2. The maximum Gasteiger partial charge on any atom is 0.293 e. The average molecular weight is 484 g/mol. The molecule has 4 rings (SSSR count). The second-order valence-electron chi connectivity index (χ2n) is 7.68. The quantitative estimate of drug-likeness (QED) is 0.364. The van der Waals surface area contributed by atoms with E-state index in [0.717, 1.165) is 22.9 Å². The molecule has 1 saturated heterocycles. The lowest BCUT2D eigenvalue weighted by Crippen LogP contribution is -2.40. The van der Waals surface area contributed by atoms with Gasteiger partial charge >= 0.3 is 0 Å². The Hall–Kier alpha value is -3.47. The molecular weight excluding hydrogens is 458 g/mol. The summed E-state index contributed by atoms with van der Waals surface area (Å²) in [5.41, 5.74) is 1.79. The second-order valence-corrected chi connectivity index (χ2v) is 9.61. The Morgan fingerprint density at radius 2 is 1.65 bits per heavy atom. The number of sulfonamides is 1. The van der Waals surface area contributed by atoms with E-state index in [1.54, 1.807) is 0 Å². The lowest BCUT2D eigenvalue weighted by Gasteiger charge is -2.26. The van der Waals surface area contributed by atoms with E-state index in [9.17, 15) is 18.5 Å². The maximum absolute atomic E-state index is 12.9. The number of morpholine rings is 1. The summed E-state index contributed by atoms with van der Waals surface area (Å²) in [6.07, 6.45) is 0. The number of nitro benzene ring substituents is 1. The van der Waals surface area contributed by atoms with Crippen molar-refractivity contribution in [1.29, 1.82) is 0 Å². The molecule has 0 unspecified atom stereocenters. The predicted octanol–water partition coefficient (Wildman–Crippen LogP) is 3.81. The van der Waals surface area contributed by atoms with Gasteiger partial charge in [0.15, 0.2) is 0 Å². The first-order valence-electron chi connectivity index (χ1n) is 10.8. The molecule has 178 valence electrons. The van der Waals surface area contributed by atoms with E-state index in [2.05, 4.69) is 5.32 Å². The zero-order valence-electron chi connectivity index (χ0n) is 18.4. The molecule has 1 heterocycles. The van der Waals surface area contributed by atoms with E-state index < -0.39 is 14.9 Å². The van der Waals surface area contributed by atoms with Crippen molar-refractivity contribution in [2.45, 2.75) is 18.0 Å². The summed E-state index contributed by atoms with van der Waals surface area (Å²) in [5.74, 6) is 0.748. The summed E-state index contributed by atoms with van der Waals surface area (Å²) in [6.45, 7) is 1.70. The number of nitro groups is 1. The van der Waals surface area contributed by atoms with Gasteiger partial charge in [-0.2, -0.15) is 4.31 Å². The summed E-state index contributed by atoms with van der Waals surface area (Å²) >= 11 is 0. The minimum absolute atomic E-state index is 0.108.